The molecule has 0 saturated heterocycles. The number of benzene rings is 2. The van der Waals surface area contributed by atoms with Crippen molar-refractivity contribution in [3.05, 3.63) is 70.5 Å². The van der Waals surface area contributed by atoms with E-state index in [2.05, 4.69) is 20.9 Å². The van der Waals surface area contributed by atoms with Gasteiger partial charge in [-0.25, -0.2) is 4.39 Å². The quantitative estimate of drug-likeness (QED) is 0.335. The van der Waals surface area contributed by atoms with Gasteiger partial charge in [0.25, 0.3) is 5.91 Å². The molecule has 0 aliphatic carbocycles. The lowest BCUT2D eigenvalue weighted by Gasteiger charge is -2.13. The van der Waals surface area contributed by atoms with E-state index in [-0.39, 0.29) is 35.7 Å². The monoisotopic (exact) mass is 484 g/mol. The molecule has 0 fully saturated rings. The summed E-state index contributed by atoms with van der Waals surface area (Å²) in [5.41, 5.74) is 3.29. The zero-order valence-corrected chi connectivity index (χ0v) is 18.1. The predicted octanol–water partition coefficient (Wildman–Crippen LogP) is 3.37. The molecule has 146 valence electrons. The maximum atomic E-state index is 13.3. The van der Waals surface area contributed by atoms with E-state index in [1.165, 1.54) is 6.07 Å². The second kappa shape index (κ2) is 11.5. The maximum Gasteiger partial charge on any atom is 0.251 e. The van der Waals surface area contributed by atoms with Crippen molar-refractivity contribution in [2.45, 2.75) is 26.9 Å². The second-order valence-electron chi connectivity index (χ2n) is 5.92. The number of halogens is 2. The number of hydrogen-bond acceptors (Lipinski definition) is 2. The molecular weight excluding hydrogens is 458 g/mol. The first-order chi connectivity index (χ1) is 12.5. The molecule has 0 bridgehead atoms. The molecule has 0 radical (unpaired) electrons. The van der Waals surface area contributed by atoms with Gasteiger partial charge in [0.1, 0.15) is 5.82 Å². The lowest BCUT2D eigenvalue weighted by atomic mass is 10.1. The molecule has 0 aliphatic heterocycles. The number of rotatable bonds is 6. The minimum atomic E-state index is -0.202. The van der Waals surface area contributed by atoms with Crippen LogP contribution in [-0.2, 0) is 13.1 Å². The van der Waals surface area contributed by atoms with Crippen LogP contribution in [0, 0.1) is 12.7 Å². The Morgan fingerprint density at radius 1 is 1.00 bits per heavy atom. The second-order valence-corrected chi connectivity index (χ2v) is 5.92. The normalized spacial score (nSPS) is 10.7. The Morgan fingerprint density at radius 3 is 2.15 bits per heavy atom. The Balaban J connectivity index is 0.00000364. The molecule has 2 rings (SSSR count). The van der Waals surface area contributed by atoms with Gasteiger partial charge in [-0.15, -0.1) is 24.0 Å². The molecule has 27 heavy (non-hydrogen) atoms. The van der Waals surface area contributed by atoms with Gasteiger partial charge in [-0.05, 0) is 48.7 Å². The molecule has 3 N–H and O–H groups in total. The highest BCUT2D eigenvalue weighted by atomic mass is 127. The summed E-state index contributed by atoms with van der Waals surface area (Å²) in [7, 11) is 1.70. The molecule has 1 amide bonds. The molecule has 0 aliphatic rings. The number of carbonyl (C=O) groups is 1. The zero-order valence-electron chi connectivity index (χ0n) is 15.8. The molecule has 2 aromatic rings. The van der Waals surface area contributed by atoms with Crippen LogP contribution in [0.3, 0.4) is 0 Å². The molecule has 0 saturated carbocycles. The van der Waals surface area contributed by atoms with E-state index in [4.69, 9.17) is 0 Å². The van der Waals surface area contributed by atoms with Gasteiger partial charge in [0.05, 0.1) is 0 Å². The minimum absolute atomic E-state index is 0. The number of nitrogens with one attached hydrogen (secondary N) is 3. The van der Waals surface area contributed by atoms with E-state index in [9.17, 15) is 9.18 Å². The fraction of sp³-hybridized carbons (Fsp3) is 0.300. The highest BCUT2D eigenvalue weighted by molar-refractivity contribution is 14.0. The van der Waals surface area contributed by atoms with Crippen molar-refractivity contribution in [2.75, 3.05) is 13.6 Å². The van der Waals surface area contributed by atoms with Crippen LogP contribution in [-0.4, -0.2) is 25.5 Å². The van der Waals surface area contributed by atoms with E-state index in [0.717, 1.165) is 11.1 Å². The number of guanidine groups is 1. The summed E-state index contributed by atoms with van der Waals surface area (Å²) in [4.78, 5) is 15.9. The molecular formula is C20H26FIN4O. The third-order valence-electron chi connectivity index (χ3n) is 3.92. The summed E-state index contributed by atoms with van der Waals surface area (Å²) < 4.78 is 13.3. The minimum Gasteiger partial charge on any atom is -0.352 e. The Labute approximate surface area is 176 Å². The molecule has 2 aromatic carbocycles. The van der Waals surface area contributed by atoms with Crippen LogP contribution in [0.4, 0.5) is 4.39 Å². The lowest BCUT2D eigenvalue weighted by Crippen LogP contribution is -2.36. The van der Waals surface area contributed by atoms with Crippen LogP contribution in [0.5, 0.6) is 0 Å². The van der Waals surface area contributed by atoms with E-state index in [1.807, 2.05) is 25.1 Å². The Hall–Kier alpha value is -2.16. The van der Waals surface area contributed by atoms with E-state index in [1.54, 1.807) is 32.2 Å². The summed E-state index contributed by atoms with van der Waals surface area (Å²) in [5.74, 6) is 0.381. The van der Waals surface area contributed by atoms with E-state index in [0.29, 0.717) is 36.7 Å². The average molecular weight is 484 g/mol. The van der Waals surface area contributed by atoms with Crippen molar-refractivity contribution in [1.29, 1.82) is 0 Å². The van der Waals surface area contributed by atoms with Gasteiger partial charge in [-0.1, -0.05) is 24.3 Å². The number of hydrogen-bond donors (Lipinski definition) is 3. The van der Waals surface area contributed by atoms with Gasteiger partial charge in [0, 0.05) is 32.2 Å². The van der Waals surface area contributed by atoms with E-state index >= 15 is 0 Å². The first-order valence-corrected chi connectivity index (χ1v) is 8.60. The van der Waals surface area contributed by atoms with E-state index < -0.39 is 0 Å². The number of amides is 1. The fourth-order valence-corrected chi connectivity index (χ4v) is 2.45. The van der Waals surface area contributed by atoms with Gasteiger partial charge in [0.15, 0.2) is 5.96 Å². The molecule has 0 atom stereocenters. The molecule has 5 nitrogen and oxygen atoms in total. The van der Waals surface area contributed by atoms with Crippen LogP contribution in [0.1, 0.15) is 34.0 Å². The van der Waals surface area contributed by atoms with Crippen LogP contribution in [0.2, 0.25) is 0 Å². The SMILES string of the molecule is CCNC(=O)c1ccc(CNC(=NC)NCc2ccc(F)c(C)c2)cc1.I. The summed E-state index contributed by atoms with van der Waals surface area (Å²) in [6.45, 7) is 5.38. The lowest BCUT2D eigenvalue weighted by molar-refractivity contribution is 0.0956. The highest BCUT2D eigenvalue weighted by Gasteiger charge is 2.05. The maximum absolute atomic E-state index is 13.3. The van der Waals surface area contributed by atoms with Gasteiger partial charge < -0.3 is 16.0 Å². The third-order valence-corrected chi connectivity index (χ3v) is 3.92. The zero-order chi connectivity index (χ0) is 18.9. The van der Waals surface area contributed by atoms with Crippen LogP contribution >= 0.6 is 24.0 Å². The number of carbonyl (C=O) groups excluding carboxylic acids is 1. The molecule has 7 heteroatoms. The molecule has 0 heterocycles. The predicted molar refractivity (Wildman–Crippen MR) is 118 cm³/mol. The largest absolute Gasteiger partial charge is 0.352 e. The van der Waals surface area contributed by atoms with Gasteiger partial charge >= 0.3 is 0 Å². The number of aryl methyl sites for hydroxylation is 1. The highest BCUT2D eigenvalue weighted by Crippen LogP contribution is 2.09. The number of aliphatic imine (C=N–C) groups is 1. The Kier molecular flexibility index (Phi) is 9.77. The van der Waals surface area contributed by atoms with Crippen molar-refractivity contribution in [3.8, 4) is 0 Å². The van der Waals surface area contributed by atoms with Gasteiger partial charge in [-0.2, -0.15) is 0 Å². The summed E-state index contributed by atoms with van der Waals surface area (Å²) >= 11 is 0. The average Bonchev–Trinajstić information content (AvgIpc) is 2.65. The van der Waals surface area contributed by atoms with Crippen molar-refractivity contribution < 1.29 is 9.18 Å². The Bertz CT molecular complexity index is 778. The molecule has 0 unspecified atom stereocenters. The fourth-order valence-electron chi connectivity index (χ4n) is 2.45. The van der Waals surface area contributed by atoms with Crippen molar-refractivity contribution >= 4 is 35.8 Å². The summed E-state index contributed by atoms with van der Waals surface area (Å²) in [6, 6.07) is 12.5. The number of nitrogens with zero attached hydrogens (tertiary/aromatic N) is 1. The van der Waals surface area contributed by atoms with Crippen LogP contribution in [0.25, 0.3) is 0 Å². The first kappa shape index (κ1) is 22.9. The molecule has 0 spiro atoms. The molecule has 0 aromatic heterocycles. The topological polar surface area (TPSA) is 65.5 Å². The van der Waals surface area contributed by atoms with Crippen LogP contribution in [0.15, 0.2) is 47.5 Å². The van der Waals surface area contributed by atoms with Crippen LogP contribution < -0.4 is 16.0 Å². The van der Waals surface area contributed by atoms with Gasteiger partial charge in [-0.3, -0.25) is 9.79 Å². The smallest absolute Gasteiger partial charge is 0.251 e. The van der Waals surface area contributed by atoms with Crippen molar-refractivity contribution in [3.63, 3.8) is 0 Å². The summed E-state index contributed by atoms with van der Waals surface area (Å²) in [5, 5.41) is 9.19. The third kappa shape index (κ3) is 7.16. The van der Waals surface area contributed by atoms with Gasteiger partial charge in [0.2, 0.25) is 0 Å². The van der Waals surface area contributed by atoms with Crippen molar-refractivity contribution in [2.24, 2.45) is 4.99 Å². The van der Waals surface area contributed by atoms with Crippen molar-refractivity contribution in [1.82, 2.24) is 16.0 Å². The summed E-state index contributed by atoms with van der Waals surface area (Å²) in [6.07, 6.45) is 0. The Morgan fingerprint density at radius 2 is 1.59 bits per heavy atom. The standard InChI is InChI=1S/C20H25FN4O.HI/c1-4-23-19(26)17-8-5-15(6-9-17)12-24-20(22-3)25-13-16-7-10-18(21)14(2)11-16;/h5-11H,4,12-13H2,1-3H3,(H,23,26)(H2,22,24,25);1H. The first-order valence-electron chi connectivity index (χ1n) is 8.60.